The summed E-state index contributed by atoms with van der Waals surface area (Å²) < 4.78 is 5.80. The van der Waals surface area contributed by atoms with E-state index in [0.717, 1.165) is 10.2 Å². The summed E-state index contributed by atoms with van der Waals surface area (Å²) in [6.07, 6.45) is 0. The van der Waals surface area contributed by atoms with E-state index in [-0.39, 0.29) is 0 Å². The molecule has 0 fully saturated rings. The molecule has 0 saturated carbocycles. The van der Waals surface area contributed by atoms with Crippen molar-refractivity contribution < 1.29 is 4.74 Å². The number of nitrogens with one attached hydrogen (secondary N) is 2. The first-order chi connectivity index (χ1) is 8.17. The highest BCUT2D eigenvalue weighted by Crippen LogP contribution is 2.25. The third-order valence-corrected chi connectivity index (χ3v) is 2.69. The van der Waals surface area contributed by atoms with Crippen molar-refractivity contribution in [1.82, 2.24) is 5.43 Å². The van der Waals surface area contributed by atoms with Crippen LogP contribution in [0.1, 0.15) is 0 Å². The molecule has 4 N–H and O–H groups in total. The van der Waals surface area contributed by atoms with Crippen LogP contribution < -0.4 is 16.6 Å². The molecule has 1 aromatic carbocycles. The first kappa shape index (κ1) is 14.2. The highest BCUT2D eigenvalue weighted by atomic mass is 79.9. The second kappa shape index (κ2) is 7.50. The molecule has 5 nitrogen and oxygen atoms in total. The number of guanidine groups is 1. The fraction of sp³-hybridized carbons (Fsp3) is 0.300. The molecule has 0 aliphatic carbocycles. The molecule has 94 valence electrons. The van der Waals surface area contributed by atoms with Crippen molar-refractivity contribution in [3.63, 3.8) is 0 Å². The fourth-order valence-electron chi connectivity index (χ4n) is 1.09. The van der Waals surface area contributed by atoms with Crippen LogP contribution in [0.15, 0.2) is 27.7 Å². The van der Waals surface area contributed by atoms with Gasteiger partial charge in [-0.2, -0.15) is 0 Å². The molecular weight excluding hydrogens is 307 g/mol. The van der Waals surface area contributed by atoms with E-state index in [1.165, 1.54) is 0 Å². The molecule has 1 rings (SSSR count). The molecule has 0 heterocycles. The molecule has 0 amide bonds. The van der Waals surface area contributed by atoms with Crippen LogP contribution >= 0.6 is 27.5 Å². The molecule has 0 bridgehead atoms. The number of hydrogen-bond donors (Lipinski definition) is 3. The van der Waals surface area contributed by atoms with E-state index < -0.39 is 0 Å². The van der Waals surface area contributed by atoms with Gasteiger partial charge in [0.15, 0.2) is 0 Å². The summed E-state index contributed by atoms with van der Waals surface area (Å²) in [6.45, 7) is 1.04. The summed E-state index contributed by atoms with van der Waals surface area (Å²) in [7, 11) is 1.62. The van der Waals surface area contributed by atoms with E-state index in [4.69, 9.17) is 22.2 Å². The number of ether oxygens (including phenoxy) is 1. The first-order valence-corrected chi connectivity index (χ1v) is 6.06. The van der Waals surface area contributed by atoms with Crippen molar-refractivity contribution in [2.45, 2.75) is 0 Å². The smallest absolute Gasteiger partial charge is 0.210 e. The van der Waals surface area contributed by atoms with Gasteiger partial charge in [-0.15, -0.1) is 0 Å². The maximum absolute atomic E-state index is 6.05. The standard InChI is InChI=1S/C10H14BrClN4O/c1-17-5-4-14-10(16-13)15-9-3-2-7(11)6-8(9)12/h2-3,6H,4-5,13H2,1H3,(H2,14,15,16). The van der Waals surface area contributed by atoms with Gasteiger partial charge in [0.25, 0.3) is 0 Å². The lowest BCUT2D eigenvalue weighted by Gasteiger charge is -2.10. The average Bonchev–Trinajstić information content (AvgIpc) is 2.31. The maximum Gasteiger partial charge on any atom is 0.210 e. The Hall–Kier alpha value is -0.820. The van der Waals surface area contributed by atoms with Gasteiger partial charge in [0, 0.05) is 11.6 Å². The maximum atomic E-state index is 6.05. The highest BCUT2D eigenvalue weighted by Gasteiger charge is 2.03. The number of hydrogen-bond acceptors (Lipinski definition) is 3. The Kier molecular flexibility index (Phi) is 6.28. The molecule has 0 radical (unpaired) electrons. The van der Waals surface area contributed by atoms with Gasteiger partial charge in [0.2, 0.25) is 5.96 Å². The molecule has 17 heavy (non-hydrogen) atoms. The van der Waals surface area contributed by atoms with Gasteiger partial charge < -0.3 is 10.1 Å². The third kappa shape index (κ3) is 4.91. The topological polar surface area (TPSA) is 71.7 Å². The van der Waals surface area contributed by atoms with Gasteiger partial charge in [-0.3, -0.25) is 5.43 Å². The van der Waals surface area contributed by atoms with Crippen molar-refractivity contribution >= 4 is 39.2 Å². The Morgan fingerprint density at radius 3 is 2.94 bits per heavy atom. The van der Waals surface area contributed by atoms with E-state index >= 15 is 0 Å². The number of benzene rings is 1. The Bertz CT molecular complexity index is 400. The number of hydrazine groups is 1. The van der Waals surface area contributed by atoms with Crippen molar-refractivity contribution in [2.75, 3.05) is 25.6 Å². The van der Waals surface area contributed by atoms with Gasteiger partial charge in [-0.05, 0) is 18.2 Å². The summed E-state index contributed by atoms with van der Waals surface area (Å²) in [5.41, 5.74) is 3.19. The molecule has 1 aromatic rings. The fourth-order valence-corrected chi connectivity index (χ4v) is 1.81. The minimum atomic E-state index is 0.436. The van der Waals surface area contributed by atoms with E-state index in [2.05, 4.69) is 31.7 Å². The third-order valence-electron chi connectivity index (χ3n) is 1.89. The van der Waals surface area contributed by atoms with Crippen molar-refractivity contribution in [3.8, 4) is 0 Å². The average molecular weight is 322 g/mol. The summed E-state index contributed by atoms with van der Waals surface area (Å²) in [4.78, 5) is 4.16. The summed E-state index contributed by atoms with van der Waals surface area (Å²) in [5.74, 6) is 5.78. The molecule has 0 atom stereocenters. The van der Waals surface area contributed by atoms with Crippen LogP contribution in [0.2, 0.25) is 5.02 Å². The summed E-state index contributed by atoms with van der Waals surface area (Å²) in [6, 6.07) is 5.49. The summed E-state index contributed by atoms with van der Waals surface area (Å²) in [5, 5.41) is 3.57. The second-order valence-electron chi connectivity index (χ2n) is 3.12. The van der Waals surface area contributed by atoms with Crippen LogP contribution in [-0.4, -0.2) is 26.2 Å². The van der Waals surface area contributed by atoms with Crippen molar-refractivity contribution in [2.24, 2.45) is 10.8 Å². The minimum absolute atomic E-state index is 0.436. The SMILES string of the molecule is COCCN=C(NN)Nc1ccc(Br)cc1Cl. The number of nitrogens with two attached hydrogens (primary N) is 1. The van der Waals surface area contributed by atoms with Crippen molar-refractivity contribution in [1.29, 1.82) is 0 Å². The van der Waals surface area contributed by atoms with E-state index in [0.29, 0.717) is 24.1 Å². The Balaban J connectivity index is 2.70. The number of aliphatic imine (C=N–C) groups is 1. The zero-order chi connectivity index (χ0) is 12.7. The summed E-state index contributed by atoms with van der Waals surface area (Å²) >= 11 is 9.38. The van der Waals surface area contributed by atoms with E-state index in [1.807, 2.05) is 12.1 Å². The highest BCUT2D eigenvalue weighted by molar-refractivity contribution is 9.10. The van der Waals surface area contributed by atoms with Gasteiger partial charge in [-0.1, -0.05) is 27.5 Å². The monoisotopic (exact) mass is 320 g/mol. The molecule has 0 aliphatic rings. The van der Waals surface area contributed by atoms with Crippen LogP contribution in [0.5, 0.6) is 0 Å². The molecule has 0 unspecified atom stereocenters. The zero-order valence-corrected chi connectivity index (χ0v) is 11.7. The molecular formula is C10H14BrClN4O. The van der Waals surface area contributed by atoms with Gasteiger partial charge >= 0.3 is 0 Å². The molecule has 0 spiro atoms. The Morgan fingerprint density at radius 1 is 1.59 bits per heavy atom. The number of rotatable bonds is 4. The Morgan fingerprint density at radius 2 is 2.35 bits per heavy atom. The molecule has 0 saturated heterocycles. The lowest BCUT2D eigenvalue weighted by molar-refractivity contribution is 0.208. The van der Waals surface area contributed by atoms with Crippen LogP contribution in [0.4, 0.5) is 5.69 Å². The number of halogens is 2. The Labute approximate surface area is 113 Å². The quantitative estimate of drug-likeness (QED) is 0.261. The largest absolute Gasteiger partial charge is 0.383 e. The number of nitrogens with zero attached hydrogens (tertiary/aromatic N) is 1. The zero-order valence-electron chi connectivity index (χ0n) is 9.34. The van der Waals surface area contributed by atoms with Crippen LogP contribution in [0.25, 0.3) is 0 Å². The predicted octanol–water partition coefficient (Wildman–Crippen LogP) is 1.98. The van der Waals surface area contributed by atoms with Crippen molar-refractivity contribution in [3.05, 3.63) is 27.7 Å². The van der Waals surface area contributed by atoms with E-state index in [1.54, 1.807) is 13.2 Å². The van der Waals surface area contributed by atoms with Crippen LogP contribution in [-0.2, 0) is 4.74 Å². The van der Waals surface area contributed by atoms with Gasteiger partial charge in [0.1, 0.15) is 0 Å². The van der Waals surface area contributed by atoms with Gasteiger partial charge in [0.05, 0.1) is 23.9 Å². The normalized spacial score (nSPS) is 11.4. The predicted molar refractivity (Wildman–Crippen MR) is 74.3 cm³/mol. The van der Waals surface area contributed by atoms with Crippen LogP contribution in [0.3, 0.4) is 0 Å². The second-order valence-corrected chi connectivity index (χ2v) is 4.44. The lowest BCUT2D eigenvalue weighted by atomic mass is 10.3. The first-order valence-electron chi connectivity index (χ1n) is 4.89. The van der Waals surface area contributed by atoms with Gasteiger partial charge in [-0.25, -0.2) is 10.8 Å². The minimum Gasteiger partial charge on any atom is -0.383 e. The number of anilines is 1. The van der Waals surface area contributed by atoms with Crippen LogP contribution in [0, 0.1) is 0 Å². The van der Waals surface area contributed by atoms with E-state index in [9.17, 15) is 0 Å². The molecule has 7 heteroatoms. The lowest BCUT2D eigenvalue weighted by Crippen LogP contribution is -2.36. The molecule has 0 aromatic heterocycles. The number of methoxy groups -OCH3 is 1. The molecule has 0 aliphatic heterocycles.